The third-order valence-electron chi connectivity index (χ3n) is 2.26. The van der Waals surface area contributed by atoms with Gasteiger partial charge in [-0.2, -0.15) is 13.2 Å². The van der Waals surface area contributed by atoms with Gasteiger partial charge in [0.25, 0.3) is 0 Å². The minimum absolute atomic E-state index is 0.149. The molecule has 0 aliphatic rings. The fourth-order valence-corrected chi connectivity index (χ4v) is 1.50. The summed E-state index contributed by atoms with van der Waals surface area (Å²) >= 11 is 0. The van der Waals surface area contributed by atoms with Gasteiger partial charge in [-0.1, -0.05) is 0 Å². The Balaban J connectivity index is 2.82. The molecular formula is C11H7F3O3. The van der Waals surface area contributed by atoms with Crippen LogP contribution in [0.5, 0.6) is 5.75 Å². The number of fused-ring (bicyclic) bond motifs is 1. The highest BCUT2D eigenvalue weighted by Gasteiger charge is 2.33. The first-order valence-corrected chi connectivity index (χ1v) is 4.61. The normalized spacial score (nSPS) is 11.8. The van der Waals surface area contributed by atoms with E-state index in [2.05, 4.69) is 0 Å². The molecule has 1 heterocycles. The lowest BCUT2D eigenvalue weighted by Gasteiger charge is -2.09. The van der Waals surface area contributed by atoms with Crippen molar-refractivity contribution in [2.75, 3.05) is 7.11 Å². The van der Waals surface area contributed by atoms with E-state index in [-0.39, 0.29) is 11.0 Å². The highest BCUT2D eigenvalue weighted by Crippen LogP contribution is 2.34. The summed E-state index contributed by atoms with van der Waals surface area (Å²) in [6.45, 7) is 0. The van der Waals surface area contributed by atoms with Crippen molar-refractivity contribution in [3.8, 4) is 5.75 Å². The predicted octanol–water partition coefficient (Wildman–Crippen LogP) is 2.82. The predicted molar refractivity (Wildman–Crippen MR) is 54.0 cm³/mol. The molecule has 0 saturated carbocycles. The van der Waals surface area contributed by atoms with E-state index in [0.717, 1.165) is 0 Å². The van der Waals surface area contributed by atoms with Crippen LogP contribution in [0.1, 0.15) is 5.56 Å². The van der Waals surface area contributed by atoms with Crippen molar-refractivity contribution in [2.24, 2.45) is 0 Å². The van der Waals surface area contributed by atoms with Crippen LogP contribution in [0.15, 0.2) is 33.5 Å². The SMILES string of the molecule is COc1ccc2c(C(F)(F)F)cc(=O)oc2c1. The van der Waals surface area contributed by atoms with E-state index in [9.17, 15) is 18.0 Å². The van der Waals surface area contributed by atoms with Crippen LogP contribution in [0.25, 0.3) is 11.0 Å². The molecule has 90 valence electrons. The smallest absolute Gasteiger partial charge is 0.417 e. The number of hydrogen-bond acceptors (Lipinski definition) is 3. The van der Waals surface area contributed by atoms with Gasteiger partial charge >= 0.3 is 11.8 Å². The zero-order chi connectivity index (χ0) is 12.6. The molecule has 0 bridgehead atoms. The van der Waals surface area contributed by atoms with Crippen LogP contribution in [-0.2, 0) is 6.18 Å². The fraction of sp³-hybridized carbons (Fsp3) is 0.182. The van der Waals surface area contributed by atoms with E-state index >= 15 is 0 Å². The van der Waals surface area contributed by atoms with Crippen LogP contribution >= 0.6 is 0 Å². The molecule has 0 amide bonds. The fourth-order valence-electron chi connectivity index (χ4n) is 1.50. The number of alkyl halides is 3. The van der Waals surface area contributed by atoms with Gasteiger partial charge in [0.1, 0.15) is 11.3 Å². The lowest BCUT2D eigenvalue weighted by Crippen LogP contribution is -2.10. The molecule has 2 rings (SSSR count). The molecule has 17 heavy (non-hydrogen) atoms. The maximum Gasteiger partial charge on any atom is 0.417 e. The second-order valence-electron chi connectivity index (χ2n) is 3.34. The Hall–Kier alpha value is -1.98. The van der Waals surface area contributed by atoms with Gasteiger partial charge < -0.3 is 9.15 Å². The maximum atomic E-state index is 12.7. The lowest BCUT2D eigenvalue weighted by molar-refractivity contribution is -0.136. The molecule has 0 saturated heterocycles. The average molecular weight is 244 g/mol. The van der Waals surface area contributed by atoms with Crippen molar-refractivity contribution in [2.45, 2.75) is 6.18 Å². The number of methoxy groups -OCH3 is 1. The van der Waals surface area contributed by atoms with E-state index in [1.807, 2.05) is 0 Å². The van der Waals surface area contributed by atoms with Crippen molar-refractivity contribution >= 4 is 11.0 Å². The molecular weight excluding hydrogens is 237 g/mol. The Kier molecular flexibility index (Phi) is 2.57. The van der Waals surface area contributed by atoms with Gasteiger partial charge in [0, 0.05) is 17.5 Å². The van der Waals surface area contributed by atoms with Crippen molar-refractivity contribution in [3.63, 3.8) is 0 Å². The molecule has 3 nitrogen and oxygen atoms in total. The average Bonchev–Trinajstić information content (AvgIpc) is 2.25. The number of ether oxygens (including phenoxy) is 1. The first-order valence-electron chi connectivity index (χ1n) is 4.61. The topological polar surface area (TPSA) is 39.4 Å². The van der Waals surface area contributed by atoms with E-state index in [0.29, 0.717) is 11.8 Å². The summed E-state index contributed by atoms with van der Waals surface area (Å²) in [6, 6.07) is 4.26. The summed E-state index contributed by atoms with van der Waals surface area (Å²) in [5, 5.41) is -0.169. The van der Waals surface area contributed by atoms with Crippen LogP contribution in [0.3, 0.4) is 0 Å². The maximum absolute atomic E-state index is 12.7. The number of rotatable bonds is 1. The summed E-state index contributed by atoms with van der Waals surface area (Å²) in [6.07, 6.45) is -4.59. The van der Waals surface area contributed by atoms with Gasteiger partial charge in [0.2, 0.25) is 0 Å². The third-order valence-corrected chi connectivity index (χ3v) is 2.26. The largest absolute Gasteiger partial charge is 0.497 e. The molecule has 0 aliphatic carbocycles. The van der Waals surface area contributed by atoms with Gasteiger partial charge in [0.15, 0.2) is 0 Å². The van der Waals surface area contributed by atoms with Crippen molar-refractivity contribution in [1.29, 1.82) is 0 Å². The quantitative estimate of drug-likeness (QED) is 0.724. The van der Waals surface area contributed by atoms with Gasteiger partial charge in [-0.05, 0) is 12.1 Å². The number of benzene rings is 1. The second-order valence-corrected chi connectivity index (χ2v) is 3.34. The summed E-state index contributed by atoms with van der Waals surface area (Å²) in [7, 11) is 1.37. The molecule has 0 N–H and O–H groups in total. The Morgan fingerprint density at radius 1 is 1.24 bits per heavy atom. The van der Waals surface area contributed by atoms with Crippen LogP contribution in [0, 0.1) is 0 Å². The van der Waals surface area contributed by atoms with Crippen molar-refractivity contribution in [3.05, 3.63) is 40.2 Å². The van der Waals surface area contributed by atoms with Crippen LogP contribution in [0.2, 0.25) is 0 Å². The number of halogens is 3. The van der Waals surface area contributed by atoms with Gasteiger partial charge in [-0.3, -0.25) is 0 Å². The van der Waals surface area contributed by atoms with Gasteiger partial charge in [-0.25, -0.2) is 4.79 Å². The van der Waals surface area contributed by atoms with E-state index < -0.39 is 17.4 Å². The summed E-state index contributed by atoms with van der Waals surface area (Å²) < 4.78 is 47.6. The van der Waals surface area contributed by atoms with Crippen LogP contribution in [0.4, 0.5) is 13.2 Å². The minimum atomic E-state index is -4.59. The molecule has 0 spiro atoms. The Morgan fingerprint density at radius 3 is 2.53 bits per heavy atom. The second kappa shape index (κ2) is 3.80. The molecule has 0 atom stereocenters. The van der Waals surface area contributed by atoms with Crippen molar-refractivity contribution in [1.82, 2.24) is 0 Å². The molecule has 0 fully saturated rings. The summed E-state index contributed by atoms with van der Waals surface area (Å²) in [5.74, 6) is 0.319. The summed E-state index contributed by atoms with van der Waals surface area (Å²) in [4.78, 5) is 11.0. The van der Waals surface area contributed by atoms with Crippen LogP contribution in [-0.4, -0.2) is 7.11 Å². The van der Waals surface area contributed by atoms with E-state index in [4.69, 9.17) is 9.15 Å². The Morgan fingerprint density at radius 2 is 1.94 bits per heavy atom. The molecule has 2 aromatic rings. The third kappa shape index (κ3) is 2.11. The molecule has 0 unspecified atom stereocenters. The first-order chi connectivity index (χ1) is 7.91. The zero-order valence-electron chi connectivity index (χ0n) is 8.67. The van der Waals surface area contributed by atoms with Crippen molar-refractivity contribution < 1.29 is 22.3 Å². The Labute approximate surface area is 93.4 Å². The van der Waals surface area contributed by atoms with Gasteiger partial charge in [0.05, 0.1) is 12.7 Å². The lowest BCUT2D eigenvalue weighted by atomic mass is 10.1. The standard InChI is InChI=1S/C11H7F3O3/c1-16-6-2-3-7-8(11(12,13)14)5-10(15)17-9(7)4-6/h2-5H,1H3. The minimum Gasteiger partial charge on any atom is -0.497 e. The van der Waals surface area contributed by atoms with E-state index in [1.54, 1.807) is 0 Å². The van der Waals surface area contributed by atoms with E-state index in [1.165, 1.54) is 25.3 Å². The first kappa shape index (κ1) is 11.5. The van der Waals surface area contributed by atoms with Gasteiger partial charge in [-0.15, -0.1) is 0 Å². The highest BCUT2D eigenvalue weighted by molar-refractivity contribution is 5.82. The zero-order valence-corrected chi connectivity index (χ0v) is 8.67. The number of hydrogen-bond donors (Lipinski definition) is 0. The van der Waals surface area contributed by atoms with Crippen LogP contribution < -0.4 is 10.4 Å². The Bertz CT molecular complexity index is 613. The molecule has 0 radical (unpaired) electrons. The monoisotopic (exact) mass is 244 g/mol. The molecule has 1 aromatic heterocycles. The molecule has 0 aliphatic heterocycles. The summed E-state index contributed by atoms with van der Waals surface area (Å²) in [5.41, 5.74) is -2.20. The molecule has 6 heteroatoms. The highest BCUT2D eigenvalue weighted by atomic mass is 19.4. The molecule has 1 aromatic carbocycles.